The van der Waals surface area contributed by atoms with E-state index in [2.05, 4.69) is 13.8 Å². The van der Waals surface area contributed by atoms with Gasteiger partial charge >= 0.3 is 11.9 Å². The molecule has 0 radical (unpaired) electrons. The Labute approximate surface area is 301 Å². The molecule has 0 saturated carbocycles. The van der Waals surface area contributed by atoms with Crippen LogP contribution in [0.2, 0.25) is 0 Å². The zero-order valence-electron chi connectivity index (χ0n) is 32.8. The third-order valence-electron chi connectivity index (χ3n) is 10.3. The van der Waals surface area contributed by atoms with E-state index >= 15 is 0 Å². The van der Waals surface area contributed by atoms with Crippen molar-refractivity contribution in [2.45, 2.75) is 270 Å². The summed E-state index contributed by atoms with van der Waals surface area (Å²) in [5.41, 5.74) is 0. The molecule has 1 unspecified atom stereocenters. The highest BCUT2D eigenvalue weighted by molar-refractivity contribution is 5.69. The van der Waals surface area contributed by atoms with E-state index < -0.39 is 5.97 Å². The van der Waals surface area contributed by atoms with Gasteiger partial charge in [0.25, 0.3) is 0 Å². The van der Waals surface area contributed by atoms with Crippen LogP contribution in [0.25, 0.3) is 0 Å². The highest BCUT2D eigenvalue weighted by atomic mass is 16.5. The second kappa shape index (κ2) is 40.4. The predicted octanol–water partition coefficient (Wildman–Crippen LogP) is 15.2. The number of hydrogen-bond acceptors (Lipinski definition) is 3. The van der Waals surface area contributed by atoms with E-state index in [1.807, 2.05) is 0 Å². The number of carbonyl (C=O) groups excluding carboxylic acids is 1. The van der Waals surface area contributed by atoms with Crippen LogP contribution in [-0.2, 0) is 14.3 Å². The number of carboxylic acid groups (broad SMARTS) is 1. The van der Waals surface area contributed by atoms with E-state index in [0.29, 0.717) is 12.8 Å². The topological polar surface area (TPSA) is 63.6 Å². The Bertz CT molecular complexity index is 648. The molecule has 0 aromatic heterocycles. The van der Waals surface area contributed by atoms with Crippen LogP contribution < -0.4 is 0 Å². The first-order valence-electron chi connectivity index (χ1n) is 22.0. The van der Waals surface area contributed by atoms with Crippen molar-refractivity contribution < 1.29 is 19.4 Å². The quantitative estimate of drug-likeness (QED) is 0.0516. The molecule has 0 fully saturated rings. The molecule has 4 nitrogen and oxygen atoms in total. The Balaban J connectivity index is 3.89. The van der Waals surface area contributed by atoms with Crippen molar-refractivity contribution in [3.63, 3.8) is 0 Å². The lowest BCUT2D eigenvalue weighted by atomic mass is 10.0. The van der Waals surface area contributed by atoms with Crippen molar-refractivity contribution >= 4 is 11.9 Å². The van der Waals surface area contributed by atoms with E-state index in [9.17, 15) is 9.59 Å². The SMILES string of the molecule is CCCCCCCCCCCCCCCCCCCCCC(=O)OC(CCCCCCCCCCC)CCCCCCCCCC(=O)O. The summed E-state index contributed by atoms with van der Waals surface area (Å²) in [7, 11) is 0. The molecular weight excluding hydrogens is 592 g/mol. The van der Waals surface area contributed by atoms with E-state index in [1.54, 1.807) is 0 Å². The van der Waals surface area contributed by atoms with Gasteiger partial charge in [0.15, 0.2) is 0 Å². The number of unbranched alkanes of at least 4 members (excludes halogenated alkanes) is 32. The normalized spacial score (nSPS) is 12.0. The van der Waals surface area contributed by atoms with Crippen LogP contribution >= 0.6 is 0 Å². The number of esters is 1. The first-order valence-corrected chi connectivity index (χ1v) is 22.0. The number of carbonyl (C=O) groups is 2. The number of ether oxygens (including phenoxy) is 1. The van der Waals surface area contributed by atoms with E-state index in [0.717, 1.165) is 51.4 Å². The molecule has 0 rings (SSSR count). The maximum Gasteiger partial charge on any atom is 0.306 e. The van der Waals surface area contributed by atoms with Crippen molar-refractivity contribution in [1.29, 1.82) is 0 Å². The standard InChI is InChI=1S/C44H86O4/c1-3-5-7-9-11-13-14-15-16-17-18-19-20-21-22-24-29-33-37-41-44(47)48-42(38-34-30-26-23-12-10-8-6-4-2)39-35-31-27-25-28-32-36-40-43(45)46/h42H,3-41H2,1-2H3,(H,45,46). The van der Waals surface area contributed by atoms with Crippen LogP contribution in [0.3, 0.4) is 0 Å². The van der Waals surface area contributed by atoms with Gasteiger partial charge < -0.3 is 9.84 Å². The molecule has 0 aliphatic heterocycles. The molecular formula is C44H86O4. The smallest absolute Gasteiger partial charge is 0.306 e. The first-order chi connectivity index (χ1) is 23.6. The van der Waals surface area contributed by atoms with Crippen LogP contribution in [-0.4, -0.2) is 23.1 Å². The number of carboxylic acids is 1. The maximum absolute atomic E-state index is 12.7. The minimum atomic E-state index is -0.682. The van der Waals surface area contributed by atoms with Crippen LogP contribution in [0.1, 0.15) is 264 Å². The molecule has 4 heteroatoms. The number of rotatable bonds is 41. The van der Waals surface area contributed by atoms with Crippen LogP contribution in [0, 0.1) is 0 Å². The third-order valence-corrected chi connectivity index (χ3v) is 10.3. The Morgan fingerprint density at radius 3 is 0.917 bits per heavy atom. The Morgan fingerprint density at radius 1 is 0.375 bits per heavy atom. The fraction of sp³-hybridized carbons (Fsp3) is 0.955. The van der Waals surface area contributed by atoms with Crippen LogP contribution in [0.15, 0.2) is 0 Å². The molecule has 48 heavy (non-hydrogen) atoms. The predicted molar refractivity (Wildman–Crippen MR) is 209 cm³/mol. The molecule has 0 aromatic carbocycles. The fourth-order valence-electron chi connectivity index (χ4n) is 7.07. The Hall–Kier alpha value is -1.06. The van der Waals surface area contributed by atoms with Crippen LogP contribution in [0.4, 0.5) is 0 Å². The summed E-state index contributed by atoms with van der Waals surface area (Å²) in [6, 6.07) is 0. The second-order valence-electron chi connectivity index (χ2n) is 15.3. The van der Waals surface area contributed by atoms with Gasteiger partial charge in [-0.1, -0.05) is 213 Å². The first kappa shape index (κ1) is 46.9. The van der Waals surface area contributed by atoms with Gasteiger partial charge in [-0.2, -0.15) is 0 Å². The third kappa shape index (κ3) is 39.4. The zero-order valence-corrected chi connectivity index (χ0v) is 32.8. The molecule has 0 amide bonds. The molecule has 0 spiro atoms. The molecule has 1 N–H and O–H groups in total. The molecule has 0 aliphatic rings. The molecule has 1 atom stereocenters. The Kier molecular flexibility index (Phi) is 39.5. The van der Waals surface area contributed by atoms with Gasteiger partial charge in [-0.15, -0.1) is 0 Å². The summed E-state index contributed by atoms with van der Waals surface area (Å²) in [5.74, 6) is -0.653. The summed E-state index contributed by atoms with van der Waals surface area (Å²) in [4.78, 5) is 23.4. The van der Waals surface area contributed by atoms with Crippen LogP contribution in [0.5, 0.6) is 0 Å². The fourth-order valence-corrected chi connectivity index (χ4v) is 7.07. The van der Waals surface area contributed by atoms with Crippen molar-refractivity contribution in [1.82, 2.24) is 0 Å². The lowest BCUT2D eigenvalue weighted by molar-refractivity contribution is -0.150. The monoisotopic (exact) mass is 679 g/mol. The van der Waals surface area contributed by atoms with Crippen molar-refractivity contribution in [3.8, 4) is 0 Å². The largest absolute Gasteiger partial charge is 0.481 e. The average Bonchev–Trinajstić information content (AvgIpc) is 3.07. The Morgan fingerprint density at radius 2 is 0.625 bits per heavy atom. The molecule has 0 aromatic rings. The highest BCUT2D eigenvalue weighted by Gasteiger charge is 2.14. The molecule has 0 aliphatic carbocycles. The van der Waals surface area contributed by atoms with Crippen molar-refractivity contribution in [2.24, 2.45) is 0 Å². The van der Waals surface area contributed by atoms with E-state index in [4.69, 9.17) is 9.84 Å². The van der Waals surface area contributed by atoms with E-state index in [-0.39, 0.29) is 12.1 Å². The van der Waals surface area contributed by atoms with Gasteiger partial charge in [-0.3, -0.25) is 9.59 Å². The summed E-state index contributed by atoms with van der Waals surface area (Å²) >= 11 is 0. The highest BCUT2D eigenvalue weighted by Crippen LogP contribution is 2.20. The molecule has 0 bridgehead atoms. The number of hydrogen-bond donors (Lipinski definition) is 1. The van der Waals surface area contributed by atoms with Crippen molar-refractivity contribution in [3.05, 3.63) is 0 Å². The lowest BCUT2D eigenvalue weighted by Crippen LogP contribution is -2.18. The second-order valence-corrected chi connectivity index (χ2v) is 15.3. The van der Waals surface area contributed by atoms with Gasteiger partial charge in [0, 0.05) is 12.8 Å². The summed E-state index contributed by atoms with van der Waals surface area (Å²) in [5, 5.41) is 8.77. The van der Waals surface area contributed by atoms with Gasteiger partial charge in [0.2, 0.25) is 0 Å². The van der Waals surface area contributed by atoms with Gasteiger partial charge in [-0.05, 0) is 38.5 Å². The zero-order chi connectivity index (χ0) is 35.0. The molecule has 0 saturated heterocycles. The molecule has 286 valence electrons. The number of aliphatic carboxylic acids is 1. The summed E-state index contributed by atoms with van der Waals surface area (Å²) in [6.45, 7) is 4.57. The summed E-state index contributed by atoms with van der Waals surface area (Å²) in [6.07, 6.45) is 48.6. The van der Waals surface area contributed by atoms with Gasteiger partial charge in [0.05, 0.1) is 0 Å². The van der Waals surface area contributed by atoms with Gasteiger partial charge in [0.1, 0.15) is 6.10 Å². The van der Waals surface area contributed by atoms with E-state index in [1.165, 1.54) is 186 Å². The van der Waals surface area contributed by atoms with Gasteiger partial charge in [-0.25, -0.2) is 0 Å². The lowest BCUT2D eigenvalue weighted by Gasteiger charge is -2.18. The summed E-state index contributed by atoms with van der Waals surface area (Å²) < 4.78 is 6.05. The molecule has 0 heterocycles. The maximum atomic E-state index is 12.7. The minimum absolute atomic E-state index is 0.0290. The van der Waals surface area contributed by atoms with Crippen molar-refractivity contribution in [2.75, 3.05) is 0 Å². The average molecular weight is 679 g/mol. The minimum Gasteiger partial charge on any atom is -0.481 e.